The molecule has 3 aromatic rings. The predicted octanol–water partition coefficient (Wildman–Crippen LogP) is 5.90. The first-order chi connectivity index (χ1) is 11.3. The molecule has 124 valence electrons. The molecule has 0 N–H and O–H groups in total. The third-order valence-corrected chi connectivity index (χ3v) is 4.81. The Morgan fingerprint density at radius 1 is 0.750 bits per heavy atom. The second-order valence-corrected chi connectivity index (χ2v) is 8.25. The SMILES string of the molecule is CC(C)(C)c1ccccc1C[N+](C)(C)c1cccc2ccccc12. The average Bonchev–Trinajstić information content (AvgIpc) is 2.53. The minimum atomic E-state index is 0.162. The lowest BCUT2D eigenvalue weighted by Gasteiger charge is -2.33. The lowest BCUT2D eigenvalue weighted by molar-refractivity contribution is 0.390. The molecule has 0 aromatic heterocycles. The highest BCUT2D eigenvalue weighted by Crippen LogP contribution is 2.33. The van der Waals surface area contributed by atoms with Crippen molar-refractivity contribution in [2.24, 2.45) is 0 Å². The molecule has 0 fully saturated rings. The van der Waals surface area contributed by atoms with E-state index >= 15 is 0 Å². The van der Waals surface area contributed by atoms with Crippen molar-refractivity contribution in [3.8, 4) is 0 Å². The van der Waals surface area contributed by atoms with Gasteiger partial charge in [0, 0.05) is 10.9 Å². The summed E-state index contributed by atoms with van der Waals surface area (Å²) in [4.78, 5) is 0. The lowest BCUT2D eigenvalue weighted by atomic mass is 9.83. The van der Waals surface area contributed by atoms with Gasteiger partial charge in [-0.25, -0.2) is 0 Å². The molecular weight excluding hydrogens is 290 g/mol. The molecule has 3 rings (SSSR count). The van der Waals surface area contributed by atoms with E-state index in [1.807, 2.05) is 0 Å². The van der Waals surface area contributed by atoms with Crippen molar-refractivity contribution in [2.45, 2.75) is 32.7 Å². The Bertz CT molecular complexity index is 848. The van der Waals surface area contributed by atoms with Crippen LogP contribution < -0.4 is 4.48 Å². The number of rotatable bonds is 3. The first-order valence-electron chi connectivity index (χ1n) is 8.69. The van der Waals surface area contributed by atoms with Crippen LogP contribution in [0.2, 0.25) is 0 Å². The number of benzene rings is 3. The van der Waals surface area contributed by atoms with E-state index in [1.165, 1.54) is 27.6 Å². The number of fused-ring (bicyclic) bond motifs is 1. The van der Waals surface area contributed by atoms with Gasteiger partial charge in [-0.15, -0.1) is 0 Å². The molecule has 0 heterocycles. The van der Waals surface area contributed by atoms with E-state index < -0.39 is 0 Å². The van der Waals surface area contributed by atoms with Gasteiger partial charge in [-0.3, -0.25) is 4.48 Å². The third-order valence-electron chi connectivity index (χ3n) is 4.81. The maximum atomic E-state index is 2.31. The molecule has 1 heteroatoms. The molecule has 3 aromatic carbocycles. The minimum Gasteiger partial charge on any atom is -0.292 e. The average molecular weight is 318 g/mol. The molecule has 0 aliphatic heterocycles. The van der Waals surface area contributed by atoms with Gasteiger partial charge in [0.15, 0.2) is 0 Å². The smallest absolute Gasteiger partial charge is 0.140 e. The molecule has 0 unspecified atom stereocenters. The van der Waals surface area contributed by atoms with Gasteiger partial charge >= 0.3 is 0 Å². The van der Waals surface area contributed by atoms with Crippen LogP contribution in [-0.2, 0) is 12.0 Å². The van der Waals surface area contributed by atoms with E-state index in [0.29, 0.717) is 0 Å². The Hall–Kier alpha value is -2.12. The highest BCUT2D eigenvalue weighted by Gasteiger charge is 2.26. The predicted molar refractivity (Wildman–Crippen MR) is 106 cm³/mol. The standard InChI is InChI=1S/C23H28N/c1-23(2,3)21-15-9-7-12-19(21)17-24(4,5)22-16-10-13-18-11-6-8-14-20(18)22/h6-16H,17H2,1-5H3/q+1. The summed E-state index contributed by atoms with van der Waals surface area (Å²) in [5, 5.41) is 2.66. The van der Waals surface area contributed by atoms with E-state index in [0.717, 1.165) is 11.0 Å². The van der Waals surface area contributed by atoms with Crippen LogP contribution in [0.4, 0.5) is 5.69 Å². The van der Waals surface area contributed by atoms with Crippen LogP contribution >= 0.6 is 0 Å². The van der Waals surface area contributed by atoms with Crippen molar-refractivity contribution in [3.05, 3.63) is 77.9 Å². The molecule has 0 spiro atoms. The van der Waals surface area contributed by atoms with Gasteiger partial charge < -0.3 is 0 Å². The van der Waals surface area contributed by atoms with Crippen molar-refractivity contribution in [3.63, 3.8) is 0 Å². The molecule has 0 bridgehead atoms. The zero-order chi connectivity index (χ0) is 17.4. The highest BCUT2D eigenvalue weighted by molar-refractivity contribution is 5.93. The van der Waals surface area contributed by atoms with Crippen LogP contribution in [0.25, 0.3) is 10.8 Å². The molecule has 0 atom stereocenters. The summed E-state index contributed by atoms with van der Waals surface area (Å²) in [6, 6.07) is 24.2. The van der Waals surface area contributed by atoms with Gasteiger partial charge in [0.2, 0.25) is 0 Å². The summed E-state index contributed by atoms with van der Waals surface area (Å²) in [7, 11) is 4.61. The minimum absolute atomic E-state index is 0.162. The van der Waals surface area contributed by atoms with Crippen LogP contribution in [0.3, 0.4) is 0 Å². The van der Waals surface area contributed by atoms with Crippen molar-refractivity contribution in [2.75, 3.05) is 14.1 Å². The van der Waals surface area contributed by atoms with Crippen molar-refractivity contribution in [1.29, 1.82) is 0 Å². The van der Waals surface area contributed by atoms with Gasteiger partial charge in [0.05, 0.1) is 14.1 Å². The Balaban J connectivity index is 2.06. The van der Waals surface area contributed by atoms with Crippen LogP contribution in [0.15, 0.2) is 66.7 Å². The molecule has 0 amide bonds. The molecule has 0 saturated carbocycles. The molecule has 0 aliphatic rings. The number of hydrogen-bond acceptors (Lipinski definition) is 0. The Kier molecular flexibility index (Phi) is 4.23. The number of quaternary nitrogens is 1. The molecule has 24 heavy (non-hydrogen) atoms. The maximum Gasteiger partial charge on any atom is 0.140 e. The first-order valence-corrected chi connectivity index (χ1v) is 8.69. The zero-order valence-corrected chi connectivity index (χ0v) is 15.5. The molecular formula is C23H28N+. The van der Waals surface area contributed by atoms with Gasteiger partial charge in [-0.1, -0.05) is 75.4 Å². The van der Waals surface area contributed by atoms with Crippen molar-refractivity contribution >= 4 is 16.5 Å². The number of nitrogens with zero attached hydrogens (tertiary/aromatic N) is 1. The monoisotopic (exact) mass is 318 g/mol. The normalized spacial score (nSPS) is 12.5. The first kappa shape index (κ1) is 16.7. The summed E-state index contributed by atoms with van der Waals surface area (Å²) in [5.74, 6) is 0. The van der Waals surface area contributed by atoms with Crippen LogP contribution in [0, 0.1) is 0 Å². The Morgan fingerprint density at radius 2 is 1.38 bits per heavy atom. The van der Waals surface area contributed by atoms with Gasteiger partial charge in [0.25, 0.3) is 0 Å². The van der Waals surface area contributed by atoms with E-state index in [1.54, 1.807) is 0 Å². The summed E-state index contributed by atoms with van der Waals surface area (Å²) in [5.41, 5.74) is 4.41. The van der Waals surface area contributed by atoms with Crippen molar-refractivity contribution in [1.82, 2.24) is 4.48 Å². The summed E-state index contributed by atoms with van der Waals surface area (Å²) >= 11 is 0. The highest BCUT2D eigenvalue weighted by atomic mass is 15.3. The van der Waals surface area contributed by atoms with E-state index in [2.05, 4.69) is 102 Å². The Labute approximate surface area is 146 Å². The number of hydrogen-bond donors (Lipinski definition) is 0. The Morgan fingerprint density at radius 3 is 2.12 bits per heavy atom. The second-order valence-electron chi connectivity index (χ2n) is 8.25. The molecule has 0 radical (unpaired) electrons. The molecule has 0 aliphatic carbocycles. The van der Waals surface area contributed by atoms with Crippen molar-refractivity contribution < 1.29 is 0 Å². The third kappa shape index (κ3) is 3.22. The van der Waals surface area contributed by atoms with Crippen LogP contribution in [0.1, 0.15) is 31.9 Å². The lowest BCUT2D eigenvalue weighted by Crippen LogP contribution is -2.40. The van der Waals surface area contributed by atoms with E-state index in [-0.39, 0.29) is 5.41 Å². The van der Waals surface area contributed by atoms with Gasteiger partial charge in [-0.2, -0.15) is 0 Å². The topological polar surface area (TPSA) is 0 Å². The van der Waals surface area contributed by atoms with Gasteiger partial charge in [-0.05, 0) is 28.5 Å². The van der Waals surface area contributed by atoms with Crippen LogP contribution in [0.5, 0.6) is 0 Å². The fourth-order valence-electron chi connectivity index (χ4n) is 3.64. The maximum absolute atomic E-state index is 2.31. The van der Waals surface area contributed by atoms with E-state index in [9.17, 15) is 0 Å². The molecule has 1 nitrogen and oxygen atoms in total. The second kappa shape index (κ2) is 6.07. The zero-order valence-electron chi connectivity index (χ0n) is 15.5. The fraction of sp³-hybridized carbons (Fsp3) is 0.304. The van der Waals surface area contributed by atoms with E-state index in [4.69, 9.17) is 0 Å². The largest absolute Gasteiger partial charge is 0.292 e. The fourth-order valence-corrected chi connectivity index (χ4v) is 3.64. The summed E-state index contributed by atoms with van der Waals surface area (Å²) in [6.45, 7) is 7.87. The van der Waals surface area contributed by atoms with Crippen LogP contribution in [-0.4, -0.2) is 14.1 Å². The quantitative estimate of drug-likeness (QED) is 0.527. The molecule has 0 saturated heterocycles. The van der Waals surface area contributed by atoms with Gasteiger partial charge in [0.1, 0.15) is 12.2 Å². The summed E-state index contributed by atoms with van der Waals surface area (Å²) in [6.07, 6.45) is 0. The summed E-state index contributed by atoms with van der Waals surface area (Å²) < 4.78 is 0.842.